The zero-order chi connectivity index (χ0) is 16.8. The second-order valence-electron chi connectivity index (χ2n) is 5.48. The van der Waals surface area contributed by atoms with E-state index in [9.17, 15) is 4.79 Å². The highest BCUT2D eigenvalue weighted by Crippen LogP contribution is 2.29. The van der Waals surface area contributed by atoms with Gasteiger partial charge in [0.25, 0.3) is 0 Å². The van der Waals surface area contributed by atoms with Gasteiger partial charge in [-0.1, -0.05) is 24.3 Å². The maximum absolute atomic E-state index is 12.7. The van der Waals surface area contributed by atoms with Crippen molar-refractivity contribution in [2.24, 2.45) is 0 Å². The zero-order valence-corrected chi connectivity index (χ0v) is 14.5. The Bertz CT molecular complexity index is 675. The molecule has 1 aromatic heterocycles. The Morgan fingerprint density at radius 3 is 2.67 bits per heavy atom. The molecule has 0 saturated carbocycles. The number of ether oxygens (including phenoxy) is 1. The molecular weight excluding hydrogens is 322 g/mol. The van der Waals surface area contributed by atoms with Gasteiger partial charge in [0.1, 0.15) is 11.8 Å². The second kappa shape index (κ2) is 8.06. The van der Waals surface area contributed by atoms with Crippen LogP contribution in [-0.4, -0.2) is 47.6 Å². The van der Waals surface area contributed by atoms with Crippen LogP contribution in [0.25, 0.3) is 0 Å². The lowest BCUT2D eigenvalue weighted by atomic mass is 10.0. The van der Waals surface area contributed by atoms with Crippen molar-refractivity contribution < 1.29 is 9.53 Å². The van der Waals surface area contributed by atoms with Gasteiger partial charge >= 0.3 is 6.03 Å². The fraction of sp³-hybridized carbons (Fsp3) is 0.333. The minimum Gasteiger partial charge on any atom is -0.496 e. The van der Waals surface area contributed by atoms with Crippen molar-refractivity contribution in [2.75, 3.05) is 31.7 Å². The number of aromatic nitrogens is 1. The fourth-order valence-corrected chi connectivity index (χ4v) is 3.65. The number of nitrogens with one attached hydrogen (secondary N) is 1. The number of pyridine rings is 1. The number of hydrogen-bond acceptors (Lipinski definition) is 4. The van der Waals surface area contributed by atoms with Crippen LogP contribution in [0, 0.1) is 0 Å². The van der Waals surface area contributed by atoms with Crippen molar-refractivity contribution in [1.82, 2.24) is 15.2 Å². The maximum Gasteiger partial charge on any atom is 0.318 e. The number of urea groups is 1. The van der Waals surface area contributed by atoms with E-state index in [1.165, 1.54) is 0 Å². The highest BCUT2D eigenvalue weighted by Gasteiger charge is 2.24. The highest BCUT2D eigenvalue weighted by atomic mass is 32.2. The third-order valence-electron chi connectivity index (χ3n) is 4.00. The van der Waals surface area contributed by atoms with Crippen molar-refractivity contribution in [3.8, 4) is 5.75 Å². The molecule has 1 atom stereocenters. The molecule has 3 rings (SSSR count). The first kappa shape index (κ1) is 16.6. The van der Waals surface area contributed by atoms with Gasteiger partial charge in [0.2, 0.25) is 0 Å². The molecule has 5 nitrogen and oxygen atoms in total. The molecule has 6 heteroatoms. The van der Waals surface area contributed by atoms with Crippen molar-refractivity contribution in [2.45, 2.75) is 6.04 Å². The molecule has 0 bridgehead atoms. The summed E-state index contributed by atoms with van der Waals surface area (Å²) in [6.07, 6.45) is 1.74. The van der Waals surface area contributed by atoms with E-state index in [1.54, 1.807) is 13.3 Å². The molecule has 0 unspecified atom stereocenters. The van der Waals surface area contributed by atoms with Crippen LogP contribution in [0.2, 0.25) is 0 Å². The molecule has 2 aromatic rings. The van der Waals surface area contributed by atoms with Crippen LogP contribution in [0.1, 0.15) is 17.3 Å². The molecule has 1 saturated heterocycles. The number of carbonyl (C=O) groups excluding carboxylic acids is 1. The van der Waals surface area contributed by atoms with Gasteiger partial charge in [-0.2, -0.15) is 11.8 Å². The van der Waals surface area contributed by atoms with Crippen LogP contribution in [0.5, 0.6) is 5.75 Å². The molecule has 1 N–H and O–H groups in total. The van der Waals surface area contributed by atoms with Gasteiger partial charge in [0, 0.05) is 36.4 Å². The molecular formula is C18H21N3O2S. The standard InChI is InChI=1S/C18H21N3O2S/c1-23-16-8-3-2-6-14(16)17(15-7-4-5-9-19-15)20-18(22)21-10-12-24-13-11-21/h2-9,17H,10-13H2,1H3,(H,20,22)/t17-/m0/s1. The predicted octanol–water partition coefficient (Wildman–Crippen LogP) is 2.94. The lowest BCUT2D eigenvalue weighted by molar-refractivity contribution is 0.200. The summed E-state index contributed by atoms with van der Waals surface area (Å²) in [7, 11) is 1.64. The maximum atomic E-state index is 12.7. The van der Waals surface area contributed by atoms with Gasteiger partial charge in [-0.05, 0) is 18.2 Å². The van der Waals surface area contributed by atoms with Gasteiger partial charge in [0.05, 0.1) is 12.8 Å². The van der Waals surface area contributed by atoms with Gasteiger partial charge in [0.15, 0.2) is 0 Å². The number of rotatable bonds is 4. The number of hydrogen-bond donors (Lipinski definition) is 1. The van der Waals surface area contributed by atoms with E-state index in [4.69, 9.17) is 4.74 Å². The van der Waals surface area contributed by atoms with Crippen LogP contribution in [0.15, 0.2) is 48.7 Å². The number of amides is 2. The third kappa shape index (κ3) is 3.82. The van der Waals surface area contributed by atoms with E-state index in [1.807, 2.05) is 59.1 Å². The van der Waals surface area contributed by atoms with E-state index in [-0.39, 0.29) is 12.1 Å². The van der Waals surface area contributed by atoms with Crippen molar-refractivity contribution >= 4 is 17.8 Å². The Morgan fingerprint density at radius 2 is 1.96 bits per heavy atom. The quantitative estimate of drug-likeness (QED) is 0.927. The van der Waals surface area contributed by atoms with Crippen LogP contribution in [0.4, 0.5) is 4.79 Å². The number of para-hydroxylation sites is 1. The molecule has 1 aliphatic rings. The normalized spacial score (nSPS) is 15.6. The number of methoxy groups -OCH3 is 1. The Balaban J connectivity index is 1.89. The lowest BCUT2D eigenvalue weighted by Gasteiger charge is -2.29. The molecule has 126 valence electrons. The summed E-state index contributed by atoms with van der Waals surface area (Å²) in [6.45, 7) is 1.55. The first-order chi connectivity index (χ1) is 11.8. The van der Waals surface area contributed by atoms with Crippen LogP contribution in [-0.2, 0) is 0 Å². The molecule has 2 amide bonds. The molecule has 1 aliphatic heterocycles. The van der Waals surface area contributed by atoms with Gasteiger partial charge in [-0.25, -0.2) is 4.79 Å². The van der Waals surface area contributed by atoms with Crippen molar-refractivity contribution in [3.63, 3.8) is 0 Å². The summed E-state index contributed by atoms with van der Waals surface area (Å²) in [5.74, 6) is 2.70. The molecule has 0 spiro atoms. The molecule has 0 aliphatic carbocycles. The van der Waals surface area contributed by atoms with E-state index in [0.29, 0.717) is 0 Å². The number of thioether (sulfide) groups is 1. The SMILES string of the molecule is COc1ccccc1[C@H](NC(=O)N1CCSCC1)c1ccccn1. The summed E-state index contributed by atoms with van der Waals surface area (Å²) in [5.41, 5.74) is 1.69. The lowest BCUT2D eigenvalue weighted by Crippen LogP contribution is -2.45. The summed E-state index contributed by atoms with van der Waals surface area (Å²) in [6, 6.07) is 13.0. The first-order valence-corrected chi connectivity index (χ1v) is 9.12. The summed E-state index contributed by atoms with van der Waals surface area (Å²) in [4.78, 5) is 19.0. The Labute approximate surface area is 146 Å². The first-order valence-electron chi connectivity index (χ1n) is 7.96. The van der Waals surface area contributed by atoms with Crippen molar-refractivity contribution in [3.05, 3.63) is 59.9 Å². The van der Waals surface area contributed by atoms with Crippen LogP contribution < -0.4 is 10.1 Å². The number of benzene rings is 1. The Kier molecular flexibility index (Phi) is 5.59. The van der Waals surface area contributed by atoms with Crippen LogP contribution >= 0.6 is 11.8 Å². The third-order valence-corrected chi connectivity index (χ3v) is 4.94. The molecule has 24 heavy (non-hydrogen) atoms. The average Bonchev–Trinajstić information content (AvgIpc) is 2.67. The molecule has 1 fully saturated rings. The summed E-state index contributed by atoms with van der Waals surface area (Å²) >= 11 is 1.88. The minimum absolute atomic E-state index is 0.0585. The van der Waals surface area contributed by atoms with E-state index in [0.717, 1.165) is 41.6 Å². The van der Waals surface area contributed by atoms with Gasteiger partial charge in [-0.3, -0.25) is 4.98 Å². The van der Waals surface area contributed by atoms with Gasteiger partial charge < -0.3 is 15.0 Å². The predicted molar refractivity (Wildman–Crippen MR) is 96.5 cm³/mol. The van der Waals surface area contributed by atoms with E-state index < -0.39 is 0 Å². The molecule has 1 aromatic carbocycles. The van der Waals surface area contributed by atoms with E-state index in [2.05, 4.69) is 10.3 Å². The summed E-state index contributed by atoms with van der Waals surface area (Å²) < 4.78 is 5.48. The molecule has 0 radical (unpaired) electrons. The zero-order valence-electron chi connectivity index (χ0n) is 13.6. The van der Waals surface area contributed by atoms with Crippen LogP contribution in [0.3, 0.4) is 0 Å². The highest BCUT2D eigenvalue weighted by molar-refractivity contribution is 7.99. The van der Waals surface area contributed by atoms with Crippen molar-refractivity contribution in [1.29, 1.82) is 0 Å². The topological polar surface area (TPSA) is 54.5 Å². The smallest absolute Gasteiger partial charge is 0.318 e. The minimum atomic E-state index is -0.343. The van der Waals surface area contributed by atoms with Gasteiger partial charge in [-0.15, -0.1) is 0 Å². The Hall–Kier alpha value is -2.21. The van der Waals surface area contributed by atoms with E-state index >= 15 is 0 Å². The second-order valence-corrected chi connectivity index (χ2v) is 6.70. The summed E-state index contributed by atoms with van der Waals surface area (Å²) in [5, 5.41) is 3.13. The fourth-order valence-electron chi connectivity index (χ4n) is 2.74. The number of nitrogens with zero attached hydrogens (tertiary/aromatic N) is 2. The number of carbonyl (C=O) groups is 1. The average molecular weight is 343 g/mol. The monoisotopic (exact) mass is 343 g/mol. The largest absolute Gasteiger partial charge is 0.496 e. The molecule has 2 heterocycles. The Morgan fingerprint density at radius 1 is 1.21 bits per heavy atom.